The standard InChI is InChI=1S/C19H17BrN6S/c1-12-7-13(2)9-16(8-12)26-19(27)17(10-21-26)18-22-24-25(23-18)11-14-3-5-15(20)6-4-14/h3-10,21H,11H2,1-2H3. The van der Waals surface area contributed by atoms with Gasteiger partial charge in [0.25, 0.3) is 0 Å². The average Bonchev–Trinajstić information content (AvgIpc) is 3.22. The quantitative estimate of drug-likeness (QED) is 0.470. The maximum absolute atomic E-state index is 5.64. The summed E-state index contributed by atoms with van der Waals surface area (Å²) in [5.74, 6) is 0.511. The zero-order valence-corrected chi connectivity index (χ0v) is 17.3. The van der Waals surface area contributed by atoms with Gasteiger partial charge in [0.1, 0.15) is 4.64 Å². The van der Waals surface area contributed by atoms with Crippen molar-refractivity contribution in [1.29, 1.82) is 0 Å². The monoisotopic (exact) mass is 440 g/mol. The number of hydrogen-bond donors (Lipinski definition) is 1. The number of aryl methyl sites for hydroxylation is 2. The lowest BCUT2D eigenvalue weighted by Gasteiger charge is -2.05. The van der Waals surface area contributed by atoms with E-state index in [0.29, 0.717) is 17.0 Å². The second-order valence-corrected chi connectivity index (χ2v) is 7.75. The Labute approximate surface area is 170 Å². The minimum absolute atomic E-state index is 0.511. The summed E-state index contributed by atoms with van der Waals surface area (Å²) in [7, 11) is 0. The van der Waals surface area contributed by atoms with Crippen molar-refractivity contribution in [2.45, 2.75) is 20.4 Å². The van der Waals surface area contributed by atoms with Crippen LogP contribution in [0.2, 0.25) is 0 Å². The van der Waals surface area contributed by atoms with Gasteiger partial charge in [-0.1, -0.05) is 46.3 Å². The molecule has 2 heterocycles. The van der Waals surface area contributed by atoms with Crippen molar-refractivity contribution in [2.24, 2.45) is 0 Å². The van der Waals surface area contributed by atoms with Gasteiger partial charge in [-0.3, -0.25) is 5.10 Å². The molecule has 0 fully saturated rings. The molecule has 0 radical (unpaired) electrons. The first-order chi connectivity index (χ1) is 13.0. The molecule has 4 aromatic rings. The Morgan fingerprint density at radius 2 is 1.78 bits per heavy atom. The molecule has 0 bridgehead atoms. The molecule has 2 aromatic heterocycles. The van der Waals surface area contributed by atoms with E-state index in [1.54, 1.807) is 4.80 Å². The van der Waals surface area contributed by atoms with Crippen molar-refractivity contribution in [1.82, 2.24) is 30.0 Å². The maximum atomic E-state index is 5.64. The third-order valence-electron chi connectivity index (χ3n) is 4.17. The Balaban J connectivity index is 1.63. The molecule has 0 atom stereocenters. The predicted octanol–water partition coefficient (Wildman–Crippen LogP) is 4.62. The maximum Gasteiger partial charge on any atom is 0.209 e. The van der Waals surface area contributed by atoms with E-state index in [0.717, 1.165) is 21.3 Å². The van der Waals surface area contributed by atoms with Gasteiger partial charge in [-0.25, -0.2) is 4.68 Å². The highest BCUT2D eigenvalue weighted by Crippen LogP contribution is 2.20. The smallest absolute Gasteiger partial charge is 0.209 e. The minimum atomic E-state index is 0.511. The molecule has 1 N–H and O–H groups in total. The van der Waals surface area contributed by atoms with Crippen LogP contribution in [0.5, 0.6) is 0 Å². The molecule has 0 amide bonds. The van der Waals surface area contributed by atoms with Crippen molar-refractivity contribution in [3.63, 3.8) is 0 Å². The lowest BCUT2D eigenvalue weighted by Crippen LogP contribution is -2.03. The van der Waals surface area contributed by atoms with E-state index in [4.69, 9.17) is 12.2 Å². The third kappa shape index (κ3) is 3.77. The average molecular weight is 441 g/mol. The highest BCUT2D eigenvalue weighted by Gasteiger charge is 2.13. The van der Waals surface area contributed by atoms with Crippen molar-refractivity contribution >= 4 is 28.1 Å². The molecule has 0 aliphatic carbocycles. The van der Waals surface area contributed by atoms with Crippen LogP contribution < -0.4 is 0 Å². The molecule has 4 rings (SSSR count). The molecular formula is C19H17BrN6S. The fourth-order valence-corrected chi connectivity index (χ4v) is 3.55. The van der Waals surface area contributed by atoms with Gasteiger partial charge in [0.05, 0.1) is 17.8 Å². The number of nitrogens with zero attached hydrogens (tertiary/aromatic N) is 5. The van der Waals surface area contributed by atoms with Crippen molar-refractivity contribution in [2.75, 3.05) is 0 Å². The first-order valence-corrected chi connectivity index (χ1v) is 9.61. The lowest BCUT2D eigenvalue weighted by molar-refractivity contribution is 0.573. The molecule has 0 saturated heterocycles. The summed E-state index contributed by atoms with van der Waals surface area (Å²) in [6, 6.07) is 14.3. The second-order valence-electron chi connectivity index (χ2n) is 6.44. The van der Waals surface area contributed by atoms with Crippen LogP contribution in [0, 0.1) is 18.5 Å². The molecule has 0 aliphatic rings. The normalized spacial score (nSPS) is 11.1. The SMILES string of the molecule is Cc1cc(C)cc(-n2[nH]cc(-c3nnn(Cc4ccc(Br)cc4)n3)c2=S)c1. The van der Waals surface area contributed by atoms with Crippen molar-refractivity contribution in [3.8, 4) is 17.1 Å². The van der Waals surface area contributed by atoms with Gasteiger partial charge in [0.15, 0.2) is 0 Å². The zero-order valence-electron chi connectivity index (χ0n) is 14.8. The van der Waals surface area contributed by atoms with E-state index in [2.05, 4.69) is 68.5 Å². The van der Waals surface area contributed by atoms with Crippen LogP contribution in [0.3, 0.4) is 0 Å². The van der Waals surface area contributed by atoms with Gasteiger partial charge in [-0.15, -0.1) is 10.2 Å². The third-order valence-corrected chi connectivity index (χ3v) is 5.10. The predicted molar refractivity (Wildman–Crippen MR) is 110 cm³/mol. The van der Waals surface area contributed by atoms with Crippen LogP contribution in [0.15, 0.2) is 53.1 Å². The molecular weight excluding hydrogens is 424 g/mol. The molecule has 2 aromatic carbocycles. The summed E-state index contributed by atoms with van der Waals surface area (Å²) >= 11 is 9.07. The molecule has 27 heavy (non-hydrogen) atoms. The number of benzene rings is 2. The second kappa shape index (κ2) is 7.21. The Hall–Kier alpha value is -2.58. The summed E-state index contributed by atoms with van der Waals surface area (Å²) in [4.78, 5) is 1.57. The van der Waals surface area contributed by atoms with E-state index in [-0.39, 0.29) is 0 Å². The Morgan fingerprint density at radius 1 is 1.07 bits per heavy atom. The minimum Gasteiger partial charge on any atom is -0.299 e. The summed E-state index contributed by atoms with van der Waals surface area (Å²) < 4.78 is 3.53. The first-order valence-electron chi connectivity index (χ1n) is 8.41. The van der Waals surface area contributed by atoms with Crippen LogP contribution >= 0.6 is 28.1 Å². The molecule has 8 heteroatoms. The van der Waals surface area contributed by atoms with Gasteiger partial charge < -0.3 is 0 Å². The Kier molecular flexibility index (Phi) is 4.75. The molecule has 6 nitrogen and oxygen atoms in total. The zero-order chi connectivity index (χ0) is 19.0. The van der Waals surface area contributed by atoms with Crippen LogP contribution in [0.25, 0.3) is 17.1 Å². The van der Waals surface area contributed by atoms with Crippen molar-refractivity contribution < 1.29 is 0 Å². The van der Waals surface area contributed by atoms with Gasteiger partial charge in [0.2, 0.25) is 5.82 Å². The number of tetrazole rings is 1. The number of aromatic nitrogens is 6. The van der Waals surface area contributed by atoms with Gasteiger partial charge in [-0.2, -0.15) is 4.80 Å². The Morgan fingerprint density at radius 3 is 2.48 bits per heavy atom. The number of halogens is 1. The summed E-state index contributed by atoms with van der Waals surface area (Å²) in [6.07, 6.45) is 1.82. The fourth-order valence-electron chi connectivity index (χ4n) is 2.97. The number of nitrogens with one attached hydrogen (secondary N) is 1. The highest BCUT2D eigenvalue weighted by atomic mass is 79.9. The van der Waals surface area contributed by atoms with E-state index < -0.39 is 0 Å². The number of hydrogen-bond acceptors (Lipinski definition) is 4. The summed E-state index contributed by atoms with van der Waals surface area (Å²) in [5, 5.41) is 16.0. The van der Waals surface area contributed by atoms with E-state index in [1.165, 1.54) is 11.1 Å². The highest BCUT2D eigenvalue weighted by molar-refractivity contribution is 9.10. The fraction of sp³-hybridized carbons (Fsp3) is 0.158. The van der Waals surface area contributed by atoms with E-state index in [1.807, 2.05) is 35.1 Å². The largest absolute Gasteiger partial charge is 0.299 e. The number of H-pyrrole nitrogens is 1. The van der Waals surface area contributed by atoms with Gasteiger partial charge in [0, 0.05) is 10.7 Å². The van der Waals surface area contributed by atoms with E-state index >= 15 is 0 Å². The van der Waals surface area contributed by atoms with Crippen LogP contribution in [0.4, 0.5) is 0 Å². The molecule has 136 valence electrons. The Bertz CT molecular complexity index is 1140. The number of rotatable bonds is 4. The van der Waals surface area contributed by atoms with Gasteiger partial charge >= 0.3 is 0 Å². The van der Waals surface area contributed by atoms with Gasteiger partial charge in [-0.05, 0) is 60.0 Å². The topological polar surface area (TPSA) is 64.3 Å². The lowest BCUT2D eigenvalue weighted by atomic mass is 10.1. The van der Waals surface area contributed by atoms with Crippen molar-refractivity contribution in [3.05, 3.63) is 74.5 Å². The van der Waals surface area contributed by atoms with Crippen LogP contribution in [-0.4, -0.2) is 30.0 Å². The van der Waals surface area contributed by atoms with Crippen LogP contribution in [-0.2, 0) is 6.54 Å². The molecule has 0 saturated carbocycles. The summed E-state index contributed by atoms with van der Waals surface area (Å²) in [6.45, 7) is 4.69. The first kappa shape index (κ1) is 17.8. The van der Waals surface area contributed by atoms with Crippen LogP contribution in [0.1, 0.15) is 16.7 Å². The van der Waals surface area contributed by atoms with E-state index in [9.17, 15) is 0 Å². The molecule has 0 spiro atoms. The summed E-state index contributed by atoms with van der Waals surface area (Å²) in [5.41, 5.74) is 5.21. The molecule has 0 aliphatic heterocycles. The number of aromatic amines is 1. The molecule has 0 unspecified atom stereocenters.